The molecule has 0 atom stereocenters. The summed E-state index contributed by atoms with van der Waals surface area (Å²) in [5, 5.41) is 0.0687. The van der Waals surface area contributed by atoms with Gasteiger partial charge in [0.05, 0.1) is 13.5 Å². The Morgan fingerprint density at radius 1 is 1.53 bits per heavy atom. The van der Waals surface area contributed by atoms with E-state index in [2.05, 4.69) is 14.7 Å². The van der Waals surface area contributed by atoms with Crippen molar-refractivity contribution in [3.05, 3.63) is 11.8 Å². The number of thioether (sulfide) groups is 1. The van der Waals surface area contributed by atoms with Crippen LogP contribution in [-0.2, 0) is 15.7 Å². The highest BCUT2D eigenvalue weighted by atomic mass is 32.2. The third kappa shape index (κ3) is 4.91. The Morgan fingerprint density at radius 3 is 2.74 bits per heavy atom. The number of aromatic nitrogens is 2. The topological polar surface area (TPSA) is 90.1 Å². The van der Waals surface area contributed by atoms with Crippen LogP contribution >= 0.6 is 11.8 Å². The first-order chi connectivity index (χ1) is 8.86. The monoisotopic (exact) mass is 296 g/mol. The first kappa shape index (κ1) is 15.5. The van der Waals surface area contributed by atoms with Crippen molar-refractivity contribution in [3.63, 3.8) is 0 Å². The zero-order valence-corrected chi connectivity index (χ0v) is 10.6. The number of halogens is 3. The molecule has 0 fully saturated rings. The van der Waals surface area contributed by atoms with Gasteiger partial charge < -0.3 is 4.74 Å². The molecule has 10 heteroatoms. The van der Waals surface area contributed by atoms with Gasteiger partial charge in [-0.15, -0.1) is 11.8 Å². The van der Waals surface area contributed by atoms with E-state index in [9.17, 15) is 18.0 Å². The van der Waals surface area contributed by atoms with Crippen molar-refractivity contribution in [2.75, 3.05) is 18.3 Å². The molecule has 1 aromatic heterocycles. The number of hydrogen-bond donors (Lipinski definition) is 2. The van der Waals surface area contributed by atoms with Crippen LogP contribution in [0.4, 0.5) is 19.1 Å². The van der Waals surface area contributed by atoms with E-state index in [1.807, 2.05) is 5.43 Å². The Kier molecular flexibility index (Phi) is 5.36. The van der Waals surface area contributed by atoms with Gasteiger partial charge in [0.1, 0.15) is 5.03 Å². The minimum Gasteiger partial charge on any atom is -0.469 e. The molecule has 0 spiro atoms. The maximum absolute atomic E-state index is 12.5. The number of nitrogens with one attached hydrogen (secondary N) is 1. The van der Waals surface area contributed by atoms with Gasteiger partial charge in [-0.1, -0.05) is 0 Å². The molecule has 0 saturated carbocycles. The molecule has 6 nitrogen and oxygen atoms in total. The van der Waals surface area contributed by atoms with Crippen molar-refractivity contribution in [2.24, 2.45) is 5.84 Å². The lowest BCUT2D eigenvalue weighted by Gasteiger charge is -2.09. The summed E-state index contributed by atoms with van der Waals surface area (Å²) in [5.74, 6) is 4.46. The molecule has 1 heterocycles. The standard InChI is InChI=1S/C9H11F3N4O2S/c1-18-7(17)2-3-19-6-4-5(9(10,11)12)14-8(15-6)16-13/h4H,2-3,13H2,1H3,(H,14,15,16). The van der Waals surface area contributed by atoms with Crippen LogP contribution in [0.15, 0.2) is 11.1 Å². The largest absolute Gasteiger partial charge is 0.469 e. The number of carbonyl (C=O) groups excluding carboxylic acids is 1. The van der Waals surface area contributed by atoms with Crippen LogP contribution in [0.5, 0.6) is 0 Å². The number of nitrogen functional groups attached to an aromatic ring is 1. The molecule has 0 aliphatic rings. The van der Waals surface area contributed by atoms with Gasteiger partial charge in [0.2, 0.25) is 5.95 Å². The molecule has 106 valence electrons. The molecule has 0 amide bonds. The Bertz CT molecular complexity index is 456. The van der Waals surface area contributed by atoms with Crippen molar-refractivity contribution in [1.82, 2.24) is 9.97 Å². The van der Waals surface area contributed by atoms with E-state index in [0.29, 0.717) is 0 Å². The molecule has 19 heavy (non-hydrogen) atoms. The zero-order valence-electron chi connectivity index (χ0n) is 9.82. The smallest absolute Gasteiger partial charge is 0.433 e. The van der Waals surface area contributed by atoms with Crippen molar-refractivity contribution in [2.45, 2.75) is 17.6 Å². The third-order valence-corrected chi connectivity index (χ3v) is 2.82. The minimum atomic E-state index is -4.59. The van der Waals surface area contributed by atoms with Crippen molar-refractivity contribution < 1.29 is 22.7 Å². The van der Waals surface area contributed by atoms with Crippen LogP contribution in [0.2, 0.25) is 0 Å². The highest BCUT2D eigenvalue weighted by Gasteiger charge is 2.33. The number of alkyl halides is 3. The number of nitrogens with zero attached hydrogens (tertiary/aromatic N) is 2. The van der Waals surface area contributed by atoms with Crippen LogP contribution in [0, 0.1) is 0 Å². The number of ether oxygens (including phenoxy) is 1. The summed E-state index contributed by atoms with van der Waals surface area (Å²) >= 11 is 0.976. The summed E-state index contributed by atoms with van der Waals surface area (Å²) in [6, 6.07) is 0.794. The van der Waals surface area contributed by atoms with E-state index in [1.165, 1.54) is 7.11 Å². The molecule has 0 bridgehead atoms. The average Bonchev–Trinajstić information content (AvgIpc) is 2.37. The van der Waals surface area contributed by atoms with E-state index < -0.39 is 17.8 Å². The van der Waals surface area contributed by atoms with Crippen molar-refractivity contribution in [3.8, 4) is 0 Å². The van der Waals surface area contributed by atoms with Crippen LogP contribution in [0.1, 0.15) is 12.1 Å². The summed E-state index contributed by atoms with van der Waals surface area (Å²) in [6.45, 7) is 0. The number of carbonyl (C=O) groups is 1. The number of esters is 1. The predicted molar refractivity (Wildman–Crippen MR) is 62.2 cm³/mol. The highest BCUT2D eigenvalue weighted by molar-refractivity contribution is 7.99. The lowest BCUT2D eigenvalue weighted by molar-refractivity contribution is -0.141. The van der Waals surface area contributed by atoms with E-state index in [1.54, 1.807) is 0 Å². The Labute approximate surface area is 110 Å². The molecule has 0 radical (unpaired) electrons. The number of nitrogens with two attached hydrogens (primary N) is 1. The second-order valence-electron chi connectivity index (χ2n) is 3.23. The number of anilines is 1. The van der Waals surface area contributed by atoms with Gasteiger partial charge >= 0.3 is 12.1 Å². The van der Waals surface area contributed by atoms with E-state index in [-0.39, 0.29) is 23.1 Å². The number of hydrazine groups is 1. The molecule has 3 N–H and O–H groups in total. The summed E-state index contributed by atoms with van der Waals surface area (Å²) in [6.07, 6.45) is -4.52. The Morgan fingerprint density at radius 2 is 2.21 bits per heavy atom. The second kappa shape index (κ2) is 6.57. The minimum absolute atomic E-state index is 0.0674. The van der Waals surface area contributed by atoms with Gasteiger partial charge in [-0.05, 0) is 0 Å². The summed E-state index contributed by atoms with van der Waals surface area (Å²) in [4.78, 5) is 17.8. The number of hydrogen-bond acceptors (Lipinski definition) is 7. The SMILES string of the molecule is COC(=O)CCSc1cc(C(F)(F)F)nc(NN)n1. The fraction of sp³-hybridized carbons (Fsp3) is 0.444. The molecule has 0 aliphatic heterocycles. The first-order valence-electron chi connectivity index (χ1n) is 4.99. The van der Waals surface area contributed by atoms with E-state index in [4.69, 9.17) is 5.84 Å². The highest BCUT2D eigenvalue weighted by Crippen LogP contribution is 2.30. The summed E-state index contributed by atoms with van der Waals surface area (Å²) in [5.41, 5.74) is 0.862. The number of rotatable bonds is 5. The molecule has 1 rings (SSSR count). The zero-order chi connectivity index (χ0) is 14.5. The van der Waals surface area contributed by atoms with E-state index >= 15 is 0 Å². The molecule has 0 unspecified atom stereocenters. The summed E-state index contributed by atoms with van der Waals surface area (Å²) < 4.78 is 42.1. The fourth-order valence-electron chi connectivity index (χ4n) is 1.05. The normalized spacial score (nSPS) is 11.2. The van der Waals surface area contributed by atoms with Gasteiger partial charge in [-0.25, -0.2) is 15.8 Å². The van der Waals surface area contributed by atoms with Crippen LogP contribution in [-0.4, -0.2) is 28.8 Å². The third-order valence-electron chi connectivity index (χ3n) is 1.91. The fourth-order valence-corrected chi connectivity index (χ4v) is 1.87. The van der Waals surface area contributed by atoms with Crippen LogP contribution in [0.25, 0.3) is 0 Å². The summed E-state index contributed by atoms with van der Waals surface area (Å²) in [7, 11) is 1.23. The molecule has 0 aliphatic carbocycles. The molecular formula is C9H11F3N4O2S. The van der Waals surface area contributed by atoms with Crippen LogP contribution < -0.4 is 11.3 Å². The Hall–Kier alpha value is -1.55. The Balaban J connectivity index is 2.80. The lowest BCUT2D eigenvalue weighted by atomic mass is 10.4. The van der Waals surface area contributed by atoms with Crippen LogP contribution in [0.3, 0.4) is 0 Å². The van der Waals surface area contributed by atoms with Crippen molar-refractivity contribution >= 4 is 23.7 Å². The maximum atomic E-state index is 12.5. The van der Waals surface area contributed by atoms with Gasteiger partial charge in [-0.2, -0.15) is 13.2 Å². The quantitative estimate of drug-likeness (QED) is 0.279. The first-order valence-corrected chi connectivity index (χ1v) is 5.98. The average molecular weight is 296 g/mol. The van der Waals surface area contributed by atoms with E-state index in [0.717, 1.165) is 17.8 Å². The molecule has 0 saturated heterocycles. The predicted octanol–water partition coefficient (Wildman–Crippen LogP) is 1.44. The van der Waals surface area contributed by atoms with Gasteiger partial charge in [0.25, 0.3) is 0 Å². The molecule has 1 aromatic rings. The maximum Gasteiger partial charge on any atom is 0.433 e. The van der Waals surface area contributed by atoms with Gasteiger partial charge in [-0.3, -0.25) is 10.2 Å². The lowest BCUT2D eigenvalue weighted by Crippen LogP contribution is -2.15. The number of methoxy groups -OCH3 is 1. The van der Waals surface area contributed by atoms with Gasteiger partial charge in [0, 0.05) is 11.8 Å². The second-order valence-corrected chi connectivity index (χ2v) is 4.35. The molecule has 0 aromatic carbocycles. The van der Waals surface area contributed by atoms with Crippen molar-refractivity contribution in [1.29, 1.82) is 0 Å². The van der Waals surface area contributed by atoms with Gasteiger partial charge in [0.15, 0.2) is 5.69 Å². The molecular weight excluding hydrogens is 285 g/mol.